The van der Waals surface area contributed by atoms with E-state index in [0.717, 1.165) is 11.3 Å². The highest BCUT2D eigenvalue weighted by Crippen LogP contribution is 2.38. The van der Waals surface area contributed by atoms with Crippen molar-refractivity contribution in [3.63, 3.8) is 0 Å². The number of anilines is 1. The SMILES string of the molecule is Cc1nc(C(=O)c2c(C)c(C)c(Cl)c(C)c2NS(=O)(=O)c2ccc(Cl)c(C)c2)c2c(C)c(C)[nH]c2n1. The standard InChI is InChI=1S/C26H26Cl2N4O3S/c1-11-10-18(8-9-19(11)27)36(34,35)32-23-15(5)22(28)13(3)12(2)20(23)25(33)24-21-14(4)16(6)29-26(21)31-17(7)30-24/h8-10,32H,1-7H3,(H,29,30,31). The van der Waals surface area contributed by atoms with Crippen LogP contribution in [-0.2, 0) is 10.0 Å². The average molecular weight is 545 g/mol. The van der Waals surface area contributed by atoms with E-state index in [2.05, 4.69) is 19.7 Å². The van der Waals surface area contributed by atoms with Gasteiger partial charge in [0.15, 0.2) is 0 Å². The zero-order valence-corrected chi connectivity index (χ0v) is 23.3. The second-order valence-electron chi connectivity index (χ2n) is 9.00. The van der Waals surface area contributed by atoms with Crippen molar-refractivity contribution in [3.05, 3.63) is 78.8 Å². The largest absolute Gasteiger partial charge is 0.343 e. The van der Waals surface area contributed by atoms with Crippen LogP contribution in [0.1, 0.15) is 55.4 Å². The van der Waals surface area contributed by atoms with Gasteiger partial charge in [0.1, 0.15) is 17.2 Å². The Bertz CT molecular complexity index is 1690. The summed E-state index contributed by atoms with van der Waals surface area (Å²) in [7, 11) is -4.07. The summed E-state index contributed by atoms with van der Waals surface area (Å²) in [6.07, 6.45) is 0. The Morgan fingerprint density at radius 3 is 2.22 bits per heavy atom. The number of aromatic nitrogens is 3. The molecule has 0 unspecified atom stereocenters. The van der Waals surface area contributed by atoms with Crippen molar-refractivity contribution in [2.75, 3.05) is 4.72 Å². The number of H-pyrrole nitrogens is 1. The van der Waals surface area contributed by atoms with E-state index < -0.39 is 15.8 Å². The molecule has 2 aromatic heterocycles. The molecule has 0 radical (unpaired) electrons. The predicted octanol–water partition coefficient (Wildman–Crippen LogP) is 6.46. The van der Waals surface area contributed by atoms with Gasteiger partial charge in [0.25, 0.3) is 10.0 Å². The van der Waals surface area contributed by atoms with Crippen LogP contribution in [0.2, 0.25) is 10.0 Å². The number of carbonyl (C=O) groups excluding carboxylic acids is 1. The fourth-order valence-corrected chi connectivity index (χ4v) is 5.84. The highest BCUT2D eigenvalue weighted by atomic mass is 35.5. The van der Waals surface area contributed by atoms with Gasteiger partial charge in [-0.2, -0.15) is 0 Å². The van der Waals surface area contributed by atoms with Crippen molar-refractivity contribution in [2.45, 2.75) is 53.4 Å². The molecule has 4 rings (SSSR count). The zero-order chi connectivity index (χ0) is 26.7. The van der Waals surface area contributed by atoms with E-state index in [1.807, 2.05) is 13.8 Å². The number of nitrogens with one attached hydrogen (secondary N) is 2. The molecular formula is C26H26Cl2N4O3S. The number of nitrogens with zero attached hydrogens (tertiary/aromatic N) is 2. The Hall–Kier alpha value is -2.94. The number of sulfonamides is 1. The van der Waals surface area contributed by atoms with Gasteiger partial charge in [0.05, 0.1) is 21.5 Å². The van der Waals surface area contributed by atoms with Crippen LogP contribution in [0.15, 0.2) is 23.1 Å². The minimum atomic E-state index is -4.07. The van der Waals surface area contributed by atoms with Gasteiger partial charge in [0, 0.05) is 15.7 Å². The smallest absolute Gasteiger partial charge is 0.261 e. The Kier molecular flexibility index (Phi) is 6.66. The van der Waals surface area contributed by atoms with Crippen molar-refractivity contribution >= 4 is 55.7 Å². The lowest BCUT2D eigenvalue weighted by atomic mass is 9.92. The van der Waals surface area contributed by atoms with Gasteiger partial charge >= 0.3 is 0 Å². The summed E-state index contributed by atoms with van der Waals surface area (Å²) in [5.74, 6) is 0.00360. The first-order valence-electron chi connectivity index (χ1n) is 11.2. The molecule has 0 fully saturated rings. The average Bonchev–Trinajstić information content (AvgIpc) is 3.09. The molecule has 10 heteroatoms. The Morgan fingerprint density at radius 1 is 0.917 bits per heavy atom. The van der Waals surface area contributed by atoms with Crippen molar-refractivity contribution in [1.82, 2.24) is 15.0 Å². The van der Waals surface area contributed by atoms with Crippen molar-refractivity contribution in [2.24, 2.45) is 0 Å². The number of ketones is 1. The van der Waals surface area contributed by atoms with E-state index in [4.69, 9.17) is 23.2 Å². The van der Waals surface area contributed by atoms with Gasteiger partial charge < -0.3 is 4.98 Å². The quantitative estimate of drug-likeness (QED) is 0.280. The highest BCUT2D eigenvalue weighted by Gasteiger charge is 2.29. The third-order valence-corrected chi connectivity index (χ3v) is 8.94. The molecule has 2 N–H and O–H groups in total. The van der Waals surface area contributed by atoms with Crippen LogP contribution in [0.25, 0.3) is 11.0 Å². The summed E-state index contributed by atoms with van der Waals surface area (Å²) in [5.41, 5.74) is 5.11. The summed E-state index contributed by atoms with van der Waals surface area (Å²) in [6, 6.07) is 4.42. The molecule has 0 saturated heterocycles. The molecule has 0 atom stereocenters. The number of carbonyl (C=O) groups is 1. The molecule has 0 aliphatic carbocycles. The number of aromatic amines is 1. The first-order valence-corrected chi connectivity index (χ1v) is 13.4. The van der Waals surface area contributed by atoms with Gasteiger partial charge in [-0.1, -0.05) is 23.2 Å². The molecular weight excluding hydrogens is 519 g/mol. The molecule has 2 aromatic carbocycles. The van der Waals surface area contributed by atoms with E-state index in [1.54, 1.807) is 34.6 Å². The van der Waals surface area contributed by atoms with Gasteiger partial charge in [-0.15, -0.1) is 0 Å². The third kappa shape index (κ3) is 4.27. The van der Waals surface area contributed by atoms with E-state index in [0.29, 0.717) is 49.2 Å². The van der Waals surface area contributed by atoms with Crippen LogP contribution < -0.4 is 4.72 Å². The van der Waals surface area contributed by atoms with Crippen LogP contribution in [0.3, 0.4) is 0 Å². The number of hydrogen-bond acceptors (Lipinski definition) is 5. The number of hydrogen-bond donors (Lipinski definition) is 2. The van der Waals surface area contributed by atoms with Crippen LogP contribution in [0.4, 0.5) is 5.69 Å². The zero-order valence-electron chi connectivity index (χ0n) is 21.0. The van der Waals surface area contributed by atoms with Crippen LogP contribution in [-0.4, -0.2) is 29.2 Å². The second kappa shape index (κ2) is 9.18. The maximum Gasteiger partial charge on any atom is 0.261 e. The van der Waals surface area contributed by atoms with E-state index in [1.165, 1.54) is 18.2 Å². The van der Waals surface area contributed by atoms with Crippen molar-refractivity contribution < 1.29 is 13.2 Å². The molecule has 0 spiro atoms. The normalized spacial score (nSPS) is 11.8. The van der Waals surface area contributed by atoms with Gasteiger partial charge in [-0.3, -0.25) is 9.52 Å². The molecule has 0 amide bonds. The Labute approximate surface area is 220 Å². The monoisotopic (exact) mass is 544 g/mol. The molecule has 0 bridgehead atoms. The lowest BCUT2D eigenvalue weighted by Crippen LogP contribution is -2.20. The molecule has 36 heavy (non-hydrogen) atoms. The lowest BCUT2D eigenvalue weighted by molar-refractivity contribution is 0.103. The number of rotatable bonds is 5. The Balaban J connectivity index is 1.98. The number of halogens is 2. The minimum Gasteiger partial charge on any atom is -0.343 e. The molecule has 188 valence electrons. The van der Waals surface area contributed by atoms with Gasteiger partial charge in [-0.05, 0) is 94.5 Å². The van der Waals surface area contributed by atoms with Crippen LogP contribution in [0.5, 0.6) is 0 Å². The second-order valence-corrected chi connectivity index (χ2v) is 11.5. The van der Waals surface area contributed by atoms with E-state index in [-0.39, 0.29) is 21.8 Å². The summed E-state index contributed by atoms with van der Waals surface area (Å²) in [4.78, 5) is 26.3. The molecule has 0 aliphatic rings. The number of aryl methyl sites for hydroxylation is 4. The molecule has 0 aliphatic heterocycles. The number of benzene rings is 2. The highest BCUT2D eigenvalue weighted by molar-refractivity contribution is 7.92. The predicted molar refractivity (Wildman–Crippen MR) is 144 cm³/mol. The van der Waals surface area contributed by atoms with Crippen LogP contribution in [0, 0.1) is 48.5 Å². The van der Waals surface area contributed by atoms with Crippen LogP contribution >= 0.6 is 23.2 Å². The maximum absolute atomic E-state index is 14.2. The third-order valence-electron chi connectivity index (χ3n) is 6.60. The maximum atomic E-state index is 14.2. The fourth-order valence-electron chi connectivity index (χ4n) is 4.27. The van der Waals surface area contributed by atoms with E-state index in [9.17, 15) is 13.2 Å². The summed E-state index contributed by atoms with van der Waals surface area (Å²) in [6.45, 7) is 12.5. The Morgan fingerprint density at radius 2 is 1.58 bits per heavy atom. The van der Waals surface area contributed by atoms with Crippen molar-refractivity contribution in [3.8, 4) is 0 Å². The summed E-state index contributed by atoms with van der Waals surface area (Å²) < 4.78 is 29.5. The topological polar surface area (TPSA) is 105 Å². The molecule has 0 saturated carbocycles. The summed E-state index contributed by atoms with van der Waals surface area (Å²) >= 11 is 12.7. The molecule has 2 heterocycles. The van der Waals surface area contributed by atoms with Gasteiger partial charge in [-0.25, -0.2) is 18.4 Å². The minimum absolute atomic E-state index is 0.0222. The van der Waals surface area contributed by atoms with Gasteiger partial charge in [0.2, 0.25) is 5.78 Å². The molecule has 7 nitrogen and oxygen atoms in total. The lowest BCUT2D eigenvalue weighted by Gasteiger charge is -2.20. The first-order chi connectivity index (χ1) is 16.7. The van der Waals surface area contributed by atoms with Crippen molar-refractivity contribution in [1.29, 1.82) is 0 Å². The molecule has 4 aromatic rings. The summed E-state index contributed by atoms with van der Waals surface area (Å²) in [5, 5.41) is 1.44. The van der Waals surface area contributed by atoms with E-state index >= 15 is 0 Å². The number of fused-ring (bicyclic) bond motifs is 1. The fraction of sp³-hybridized carbons (Fsp3) is 0.269. The first kappa shape index (κ1) is 26.1.